The largest absolute Gasteiger partial charge is 0.350 e. The van der Waals surface area contributed by atoms with Crippen molar-refractivity contribution in [1.29, 1.82) is 0 Å². The zero-order chi connectivity index (χ0) is 13.5. The number of carbonyl (C=O) groups is 2. The Labute approximate surface area is 107 Å². The molecule has 18 heavy (non-hydrogen) atoms. The summed E-state index contributed by atoms with van der Waals surface area (Å²) in [6.07, 6.45) is 0. The van der Waals surface area contributed by atoms with Crippen molar-refractivity contribution in [3.8, 4) is 0 Å². The molecule has 0 aliphatic rings. The lowest BCUT2D eigenvalue weighted by atomic mass is 10.2. The van der Waals surface area contributed by atoms with Gasteiger partial charge in [-0.05, 0) is 12.5 Å². The van der Waals surface area contributed by atoms with Crippen molar-refractivity contribution in [2.45, 2.75) is 19.5 Å². The third-order valence-corrected chi connectivity index (χ3v) is 2.48. The average molecular weight is 249 g/mol. The van der Waals surface area contributed by atoms with Gasteiger partial charge in [0.1, 0.15) is 0 Å². The van der Waals surface area contributed by atoms with E-state index in [2.05, 4.69) is 5.32 Å². The Morgan fingerprint density at radius 1 is 1.33 bits per heavy atom. The molecule has 0 radical (unpaired) electrons. The summed E-state index contributed by atoms with van der Waals surface area (Å²) in [5, 5.41) is 2.75. The van der Waals surface area contributed by atoms with E-state index < -0.39 is 6.04 Å². The van der Waals surface area contributed by atoms with E-state index in [0.29, 0.717) is 6.54 Å². The third-order valence-electron chi connectivity index (χ3n) is 2.48. The molecule has 1 aromatic rings. The summed E-state index contributed by atoms with van der Waals surface area (Å²) in [5.41, 5.74) is 6.48. The summed E-state index contributed by atoms with van der Waals surface area (Å²) in [6.45, 7) is 2.08. The van der Waals surface area contributed by atoms with Crippen molar-refractivity contribution >= 4 is 11.8 Å². The summed E-state index contributed by atoms with van der Waals surface area (Å²) in [6, 6.07) is 9.01. The Bertz CT molecular complexity index is 404. The van der Waals surface area contributed by atoms with Crippen molar-refractivity contribution in [3.63, 3.8) is 0 Å². The minimum absolute atomic E-state index is 0.0210. The van der Waals surface area contributed by atoms with Crippen LogP contribution in [0.25, 0.3) is 0 Å². The van der Waals surface area contributed by atoms with Crippen LogP contribution in [-0.4, -0.2) is 36.3 Å². The molecule has 3 N–H and O–H groups in total. The van der Waals surface area contributed by atoms with Gasteiger partial charge in [0.15, 0.2) is 0 Å². The summed E-state index contributed by atoms with van der Waals surface area (Å²) in [7, 11) is 1.56. The molecule has 0 saturated heterocycles. The molecule has 1 aromatic carbocycles. The van der Waals surface area contributed by atoms with Gasteiger partial charge >= 0.3 is 0 Å². The fourth-order valence-electron chi connectivity index (χ4n) is 1.49. The maximum Gasteiger partial charge on any atom is 0.239 e. The highest BCUT2D eigenvalue weighted by Gasteiger charge is 2.15. The van der Waals surface area contributed by atoms with E-state index in [1.165, 1.54) is 4.90 Å². The first-order valence-corrected chi connectivity index (χ1v) is 5.82. The van der Waals surface area contributed by atoms with Crippen LogP contribution >= 0.6 is 0 Å². The van der Waals surface area contributed by atoms with Gasteiger partial charge in [0.2, 0.25) is 11.8 Å². The average Bonchev–Trinajstić information content (AvgIpc) is 2.36. The van der Waals surface area contributed by atoms with Gasteiger partial charge < -0.3 is 16.0 Å². The number of nitrogens with one attached hydrogen (secondary N) is 1. The molecule has 0 aromatic heterocycles. The minimum Gasteiger partial charge on any atom is -0.350 e. The fourth-order valence-corrected chi connectivity index (χ4v) is 1.49. The molecule has 0 fully saturated rings. The number of rotatable bonds is 5. The molecule has 5 heteroatoms. The number of amides is 2. The topological polar surface area (TPSA) is 75.4 Å². The van der Waals surface area contributed by atoms with Crippen LogP contribution < -0.4 is 11.1 Å². The maximum atomic E-state index is 11.6. The number of benzene rings is 1. The van der Waals surface area contributed by atoms with Gasteiger partial charge in [0.05, 0.1) is 12.6 Å². The quantitative estimate of drug-likeness (QED) is 0.777. The molecule has 0 spiro atoms. The van der Waals surface area contributed by atoms with Gasteiger partial charge in [-0.2, -0.15) is 0 Å². The summed E-state index contributed by atoms with van der Waals surface area (Å²) in [5.74, 6) is -0.444. The molecule has 0 saturated carbocycles. The maximum absolute atomic E-state index is 11.6. The molecule has 2 amide bonds. The zero-order valence-electron chi connectivity index (χ0n) is 10.7. The van der Waals surface area contributed by atoms with Crippen LogP contribution in [0.1, 0.15) is 12.5 Å². The number of hydrogen-bond donors (Lipinski definition) is 2. The number of nitrogens with two attached hydrogens (primary N) is 1. The Balaban J connectivity index is 2.36. The molecular formula is C13H19N3O2. The number of carbonyl (C=O) groups excluding carboxylic acids is 2. The van der Waals surface area contributed by atoms with E-state index >= 15 is 0 Å². The normalized spacial score (nSPS) is 11.7. The molecule has 0 aliphatic heterocycles. The van der Waals surface area contributed by atoms with Gasteiger partial charge in [0, 0.05) is 13.6 Å². The number of hydrogen-bond acceptors (Lipinski definition) is 3. The van der Waals surface area contributed by atoms with Gasteiger partial charge in [-0.15, -0.1) is 0 Å². The summed E-state index contributed by atoms with van der Waals surface area (Å²) in [4.78, 5) is 24.4. The van der Waals surface area contributed by atoms with Gasteiger partial charge in [-0.3, -0.25) is 9.59 Å². The summed E-state index contributed by atoms with van der Waals surface area (Å²) < 4.78 is 0. The van der Waals surface area contributed by atoms with Crippen LogP contribution in [0.5, 0.6) is 0 Å². The van der Waals surface area contributed by atoms with Crippen LogP contribution in [-0.2, 0) is 16.1 Å². The highest BCUT2D eigenvalue weighted by molar-refractivity contribution is 5.86. The molecule has 1 rings (SSSR count). The van der Waals surface area contributed by atoms with Gasteiger partial charge in [-0.1, -0.05) is 30.3 Å². The summed E-state index contributed by atoms with van der Waals surface area (Å²) >= 11 is 0. The third kappa shape index (κ3) is 4.55. The molecule has 1 atom stereocenters. The second kappa shape index (κ2) is 6.76. The van der Waals surface area contributed by atoms with E-state index in [1.54, 1.807) is 14.0 Å². The predicted molar refractivity (Wildman–Crippen MR) is 69.6 cm³/mol. The van der Waals surface area contributed by atoms with Crippen LogP contribution in [0.3, 0.4) is 0 Å². The van der Waals surface area contributed by atoms with Crippen molar-refractivity contribution in [1.82, 2.24) is 10.2 Å². The second-order valence-electron chi connectivity index (χ2n) is 4.25. The van der Waals surface area contributed by atoms with Crippen molar-refractivity contribution in [3.05, 3.63) is 35.9 Å². The SMILES string of the molecule is C[C@@H](N)C(=O)N(C)CC(=O)NCc1ccccc1. The Hall–Kier alpha value is -1.88. The highest BCUT2D eigenvalue weighted by Crippen LogP contribution is 1.97. The number of likely N-dealkylation sites (N-methyl/N-ethyl adjacent to an activating group) is 1. The first-order chi connectivity index (χ1) is 8.50. The molecule has 98 valence electrons. The lowest BCUT2D eigenvalue weighted by Gasteiger charge is -2.18. The van der Waals surface area contributed by atoms with Crippen LogP contribution in [0.2, 0.25) is 0 Å². The Kier molecular flexibility index (Phi) is 5.32. The lowest BCUT2D eigenvalue weighted by molar-refractivity contribution is -0.135. The predicted octanol–water partition coefficient (Wildman–Crippen LogP) is 0.108. The van der Waals surface area contributed by atoms with E-state index in [4.69, 9.17) is 5.73 Å². The monoisotopic (exact) mass is 249 g/mol. The number of nitrogens with zero attached hydrogens (tertiary/aromatic N) is 1. The van der Waals surface area contributed by atoms with Crippen LogP contribution in [0.15, 0.2) is 30.3 Å². The van der Waals surface area contributed by atoms with E-state index in [9.17, 15) is 9.59 Å². The van der Waals surface area contributed by atoms with Crippen molar-refractivity contribution in [2.24, 2.45) is 5.73 Å². The Morgan fingerprint density at radius 2 is 1.94 bits per heavy atom. The van der Waals surface area contributed by atoms with E-state index in [1.807, 2.05) is 30.3 Å². The smallest absolute Gasteiger partial charge is 0.239 e. The second-order valence-corrected chi connectivity index (χ2v) is 4.25. The van der Waals surface area contributed by atoms with Crippen LogP contribution in [0.4, 0.5) is 0 Å². The van der Waals surface area contributed by atoms with E-state index in [0.717, 1.165) is 5.56 Å². The molecular weight excluding hydrogens is 230 g/mol. The first-order valence-electron chi connectivity index (χ1n) is 5.82. The van der Waals surface area contributed by atoms with Gasteiger partial charge in [-0.25, -0.2) is 0 Å². The first kappa shape index (κ1) is 14.2. The standard InChI is InChI=1S/C13H19N3O2/c1-10(14)13(18)16(2)9-12(17)15-8-11-6-4-3-5-7-11/h3-7,10H,8-9,14H2,1-2H3,(H,15,17)/t10-/m1/s1. The van der Waals surface area contributed by atoms with Crippen molar-refractivity contribution in [2.75, 3.05) is 13.6 Å². The van der Waals surface area contributed by atoms with E-state index in [-0.39, 0.29) is 18.4 Å². The molecule has 0 aliphatic carbocycles. The molecule has 0 unspecified atom stereocenters. The molecule has 0 heterocycles. The lowest BCUT2D eigenvalue weighted by Crippen LogP contribution is -2.44. The van der Waals surface area contributed by atoms with Crippen molar-refractivity contribution < 1.29 is 9.59 Å². The zero-order valence-corrected chi connectivity index (χ0v) is 10.7. The van der Waals surface area contributed by atoms with Crippen LogP contribution in [0, 0.1) is 0 Å². The van der Waals surface area contributed by atoms with Gasteiger partial charge in [0.25, 0.3) is 0 Å². The minimum atomic E-state index is -0.586. The Morgan fingerprint density at radius 3 is 2.50 bits per heavy atom. The molecule has 5 nitrogen and oxygen atoms in total. The fraction of sp³-hybridized carbons (Fsp3) is 0.385. The highest BCUT2D eigenvalue weighted by atomic mass is 16.2. The molecule has 0 bridgehead atoms.